The van der Waals surface area contributed by atoms with Gasteiger partial charge >= 0.3 is 0 Å². The number of amides is 1. The van der Waals surface area contributed by atoms with Gasteiger partial charge in [0.25, 0.3) is 0 Å². The first kappa shape index (κ1) is 20.9. The van der Waals surface area contributed by atoms with E-state index in [-0.39, 0.29) is 11.8 Å². The maximum absolute atomic E-state index is 13.3. The zero-order valence-electron chi connectivity index (χ0n) is 18.3. The van der Waals surface area contributed by atoms with Crippen molar-refractivity contribution in [1.82, 2.24) is 4.98 Å². The van der Waals surface area contributed by atoms with E-state index in [1.54, 1.807) is 0 Å². The molecule has 0 spiro atoms. The second-order valence-electron chi connectivity index (χ2n) is 9.79. The lowest BCUT2D eigenvalue weighted by Gasteiger charge is -2.26. The number of carbonyl (C=O) groups excluding carboxylic acids is 1. The van der Waals surface area contributed by atoms with E-state index in [1.807, 2.05) is 6.20 Å². The maximum Gasteiger partial charge on any atom is 0.227 e. The first-order valence-corrected chi connectivity index (χ1v) is 12.6. The summed E-state index contributed by atoms with van der Waals surface area (Å²) in [6.45, 7) is 0. The highest BCUT2D eigenvalue weighted by Gasteiger charge is 2.27. The molecule has 4 rings (SSSR count). The Labute approximate surface area is 177 Å². The molecule has 0 aliphatic heterocycles. The predicted molar refractivity (Wildman–Crippen MR) is 120 cm³/mol. The SMILES string of the molecule is O=C(Nc1cnc2c(c1C1CCCCCCC1)CCC2)C1CCCCCCCC1. The topological polar surface area (TPSA) is 42.0 Å². The minimum Gasteiger partial charge on any atom is -0.324 e. The first-order valence-electron chi connectivity index (χ1n) is 12.6. The normalized spacial score (nSPS) is 22.6. The van der Waals surface area contributed by atoms with Crippen molar-refractivity contribution in [2.24, 2.45) is 5.92 Å². The van der Waals surface area contributed by atoms with Gasteiger partial charge in [0.15, 0.2) is 0 Å². The smallest absolute Gasteiger partial charge is 0.227 e. The fraction of sp³-hybridized carbons (Fsp3) is 0.769. The molecular weight excluding hydrogens is 356 g/mol. The average molecular weight is 397 g/mol. The van der Waals surface area contributed by atoms with E-state index in [2.05, 4.69) is 5.32 Å². The standard InChI is InChI=1S/C26H40N2O/c29-26(21-15-10-4-1-2-5-11-16-21)28-24-19-27-23-18-12-17-22(23)25(24)20-13-8-6-3-7-9-14-20/h19-21H,1-18H2,(H,28,29). The summed E-state index contributed by atoms with van der Waals surface area (Å²) < 4.78 is 0. The summed E-state index contributed by atoms with van der Waals surface area (Å²) in [6.07, 6.45) is 24.6. The zero-order valence-corrected chi connectivity index (χ0v) is 18.3. The number of hydrogen-bond acceptors (Lipinski definition) is 2. The molecule has 29 heavy (non-hydrogen) atoms. The summed E-state index contributed by atoms with van der Waals surface area (Å²) >= 11 is 0. The molecule has 1 aromatic rings. The molecule has 0 unspecified atom stereocenters. The van der Waals surface area contributed by atoms with Crippen LogP contribution < -0.4 is 5.32 Å². The monoisotopic (exact) mass is 396 g/mol. The van der Waals surface area contributed by atoms with E-state index < -0.39 is 0 Å². The Morgan fingerprint density at radius 2 is 1.34 bits per heavy atom. The quantitative estimate of drug-likeness (QED) is 0.592. The molecule has 1 heterocycles. The van der Waals surface area contributed by atoms with Crippen molar-refractivity contribution in [3.05, 3.63) is 23.0 Å². The van der Waals surface area contributed by atoms with E-state index in [1.165, 1.54) is 107 Å². The molecule has 0 radical (unpaired) electrons. The summed E-state index contributed by atoms with van der Waals surface area (Å²) in [5.74, 6) is 1.06. The average Bonchev–Trinajstić information content (AvgIpc) is 3.21. The minimum absolute atomic E-state index is 0.187. The lowest BCUT2D eigenvalue weighted by Crippen LogP contribution is -2.24. The molecule has 0 bridgehead atoms. The second kappa shape index (κ2) is 10.6. The molecule has 3 aliphatic carbocycles. The zero-order chi connectivity index (χ0) is 19.9. The number of carbonyl (C=O) groups is 1. The molecule has 3 aliphatic rings. The van der Waals surface area contributed by atoms with Gasteiger partial charge in [-0.2, -0.15) is 0 Å². The molecule has 3 heteroatoms. The van der Waals surface area contributed by atoms with Crippen molar-refractivity contribution >= 4 is 11.6 Å². The Morgan fingerprint density at radius 1 is 0.759 bits per heavy atom. The Hall–Kier alpha value is -1.38. The van der Waals surface area contributed by atoms with Crippen LogP contribution in [0.3, 0.4) is 0 Å². The lowest BCUT2D eigenvalue weighted by molar-refractivity contribution is -0.120. The molecule has 0 atom stereocenters. The van der Waals surface area contributed by atoms with Crippen LogP contribution >= 0.6 is 0 Å². The third kappa shape index (κ3) is 5.41. The highest BCUT2D eigenvalue weighted by atomic mass is 16.1. The highest BCUT2D eigenvalue weighted by Crippen LogP contribution is 2.40. The largest absolute Gasteiger partial charge is 0.324 e. The van der Waals surface area contributed by atoms with Crippen LogP contribution in [-0.4, -0.2) is 10.9 Å². The number of aryl methyl sites for hydroxylation is 1. The fourth-order valence-corrected chi connectivity index (χ4v) is 5.98. The van der Waals surface area contributed by atoms with Gasteiger partial charge in [-0.1, -0.05) is 70.6 Å². The number of nitrogens with one attached hydrogen (secondary N) is 1. The Bertz CT molecular complexity index is 666. The van der Waals surface area contributed by atoms with Gasteiger partial charge in [-0.25, -0.2) is 0 Å². The van der Waals surface area contributed by atoms with Crippen LogP contribution in [0.4, 0.5) is 5.69 Å². The van der Waals surface area contributed by atoms with Gasteiger partial charge in [0.05, 0.1) is 11.9 Å². The van der Waals surface area contributed by atoms with Gasteiger partial charge in [0, 0.05) is 11.6 Å². The number of pyridine rings is 1. The van der Waals surface area contributed by atoms with Crippen molar-refractivity contribution in [2.45, 2.75) is 121 Å². The Kier molecular flexibility index (Phi) is 7.62. The first-order chi connectivity index (χ1) is 14.3. The van der Waals surface area contributed by atoms with Crippen molar-refractivity contribution in [2.75, 3.05) is 5.32 Å². The van der Waals surface area contributed by atoms with Gasteiger partial charge in [0.2, 0.25) is 5.91 Å². The lowest BCUT2D eigenvalue weighted by atomic mass is 9.83. The number of nitrogens with zero attached hydrogens (tertiary/aromatic N) is 1. The third-order valence-electron chi connectivity index (χ3n) is 7.65. The second-order valence-corrected chi connectivity index (χ2v) is 9.79. The maximum atomic E-state index is 13.3. The minimum atomic E-state index is 0.187. The number of anilines is 1. The molecule has 1 aromatic heterocycles. The van der Waals surface area contributed by atoms with Crippen LogP contribution in [0.1, 0.15) is 125 Å². The molecule has 0 saturated heterocycles. The van der Waals surface area contributed by atoms with Gasteiger partial charge < -0.3 is 5.32 Å². The number of rotatable bonds is 3. The van der Waals surface area contributed by atoms with E-state index >= 15 is 0 Å². The Morgan fingerprint density at radius 3 is 2.00 bits per heavy atom. The van der Waals surface area contributed by atoms with E-state index in [4.69, 9.17) is 4.98 Å². The highest BCUT2D eigenvalue weighted by molar-refractivity contribution is 5.93. The molecule has 160 valence electrons. The number of hydrogen-bond donors (Lipinski definition) is 1. The van der Waals surface area contributed by atoms with Crippen LogP contribution in [0.25, 0.3) is 0 Å². The van der Waals surface area contributed by atoms with Crippen LogP contribution in [0.15, 0.2) is 6.20 Å². The van der Waals surface area contributed by atoms with Crippen LogP contribution in [-0.2, 0) is 17.6 Å². The van der Waals surface area contributed by atoms with Crippen LogP contribution in [0.2, 0.25) is 0 Å². The predicted octanol–water partition coefficient (Wildman–Crippen LogP) is 7.09. The van der Waals surface area contributed by atoms with E-state index in [0.717, 1.165) is 31.4 Å². The van der Waals surface area contributed by atoms with Crippen LogP contribution in [0.5, 0.6) is 0 Å². The summed E-state index contributed by atoms with van der Waals surface area (Å²) in [7, 11) is 0. The van der Waals surface area contributed by atoms with Gasteiger partial charge in [-0.05, 0) is 62.0 Å². The van der Waals surface area contributed by atoms with Crippen molar-refractivity contribution < 1.29 is 4.79 Å². The third-order valence-corrected chi connectivity index (χ3v) is 7.65. The fourth-order valence-electron chi connectivity index (χ4n) is 5.98. The summed E-state index contributed by atoms with van der Waals surface area (Å²) in [5.41, 5.74) is 5.33. The summed E-state index contributed by atoms with van der Waals surface area (Å²) in [4.78, 5) is 18.1. The molecule has 2 fully saturated rings. The van der Waals surface area contributed by atoms with E-state index in [0.29, 0.717) is 5.92 Å². The van der Waals surface area contributed by atoms with Crippen molar-refractivity contribution in [3.63, 3.8) is 0 Å². The summed E-state index contributed by atoms with van der Waals surface area (Å²) in [6, 6.07) is 0. The van der Waals surface area contributed by atoms with Crippen molar-refractivity contribution in [3.8, 4) is 0 Å². The van der Waals surface area contributed by atoms with Crippen molar-refractivity contribution in [1.29, 1.82) is 0 Å². The van der Waals surface area contributed by atoms with Gasteiger partial charge in [0.1, 0.15) is 0 Å². The molecule has 0 aromatic carbocycles. The molecule has 1 N–H and O–H groups in total. The number of aromatic nitrogens is 1. The van der Waals surface area contributed by atoms with Gasteiger partial charge in [-0.15, -0.1) is 0 Å². The summed E-state index contributed by atoms with van der Waals surface area (Å²) in [5, 5.41) is 3.41. The Balaban J connectivity index is 1.55. The van der Waals surface area contributed by atoms with Crippen LogP contribution in [0, 0.1) is 5.92 Å². The molecule has 1 amide bonds. The van der Waals surface area contributed by atoms with E-state index in [9.17, 15) is 4.79 Å². The molecular formula is C26H40N2O. The molecule has 3 nitrogen and oxygen atoms in total. The van der Waals surface area contributed by atoms with Gasteiger partial charge in [-0.3, -0.25) is 9.78 Å². The molecule has 2 saturated carbocycles. The number of fused-ring (bicyclic) bond motifs is 1.